The molecule has 2 fully saturated rings. The van der Waals surface area contributed by atoms with Crippen LogP contribution in [0.5, 0.6) is 0 Å². The lowest BCUT2D eigenvalue weighted by atomic mass is 9.54. The summed E-state index contributed by atoms with van der Waals surface area (Å²) in [6.07, 6.45) is 20.8. The second kappa shape index (κ2) is 20.5. The van der Waals surface area contributed by atoms with Crippen LogP contribution in [0, 0.1) is 28.6 Å². The van der Waals surface area contributed by atoms with E-state index in [0.717, 1.165) is 93.9 Å². The molecule has 1 aromatic carbocycles. The standard InChI is InChI=1S/C53H66N6O10S/c1-54-31-57-53(68,49(66)67)21-13-39(60)58-38(45(61)59-46(62)47(63)64)30-70-52-23-22-50(17-5-2-6-18-51(52)19-7-8-20-51)29-36(27-32-14-24-55-25-15-32)40(41-42(50)44(52)69-48(41)65)43-37-28-35-10-4-3-9-33(35)11-12-34(37)16-26-56-43/h3-4,9-12,14-15,22-25,34,37-38,41,43,46,54,56-57,62,68H,2,5-8,13,16-21,26-31H2,1H3,(H,58,60)(H,59,61)(H,63,64)(H,66,67)/t34-,37-,38-,41+,43+,46-,50-,52-,53+/m0/s1. The van der Waals surface area contributed by atoms with E-state index in [1.165, 1.54) is 28.5 Å². The first-order valence-corrected chi connectivity index (χ1v) is 26.0. The highest BCUT2D eigenvalue weighted by Crippen LogP contribution is 2.69. The van der Waals surface area contributed by atoms with Crippen LogP contribution in [0.2, 0.25) is 0 Å². The van der Waals surface area contributed by atoms with Crippen molar-refractivity contribution < 1.29 is 49.1 Å². The number of aliphatic hydroxyl groups is 2. The van der Waals surface area contributed by atoms with Crippen molar-refractivity contribution in [2.24, 2.45) is 28.6 Å². The quantitative estimate of drug-likeness (QED) is 0.0602. The van der Waals surface area contributed by atoms with Crippen molar-refractivity contribution in [3.8, 4) is 0 Å². The number of pyridine rings is 1. The molecule has 2 spiro atoms. The zero-order valence-corrected chi connectivity index (χ0v) is 40.5. The van der Waals surface area contributed by atoms with E-state index in [1.807, 2.05) is 12.4 Å². The zero-order chi connectivity index (χ0) is 49.3. The lowest BCUT2D eigenvalue weighted by molar-refractivity contribution is -0.164. The number of nitrogens with zero attached hydrogens (tertiary/aromatic N) is 1. The lowest BCUT2D eigenvalue weighted by Gasteiger charge is -2.54. The molecule has 3 heterocycles. The van der Waals surface area contributed by atoms with Gasteiger partial charge < -0.3 is 46.4 Å². The normalized spacial score (nSPS) is 29.2. The SMILES string of the molecule is CNCN[C@@](O)(CCC(=O)N[C@@H](CS[C@]12C=C[C@@]3(CCCCCC14CCCC4)CC(Cc1ccncc1)=C([C@@H]1NCC[C@@H]4C=Cc5ccccc5C[C@@H]41)[C@H]1C(=O)OC2=C13)C(=O)N[C@@H](O)C(=O)O)C(=O)O. The maximum Gasteiger partial charge on any atom is 0.353 e. The van der Waals surface area contributed by atoms with Crippen molar-refractivity contribution in [1.82, 2.24) is 31.6 Å². The van der Waals surface area contributed by atoms with Crippen LogP contribution >= 0.6 is 11.8 Å². The average molecular weight is 979 g/mol. The predicted molar refractivity (Wildman–Crippen MR) is 262 cm³/mol. The first-order valence-electron chi connectivity index (χ1n) is 25.0. The minimum absolute atomic E-state index is 0.0749. The van der Waals surface area contributed by atoms with Gasteiger partial charge in [-0.3, -0.25) is 24.7 Å². The number of carboxylic acid groups (broad SMARTS) is 2. The number of benzene rings is 1. The van der Waals surface area contributed by atoms with E-state index in [9.17, 15) is 39.6 Å². The van der Waals surface area contributed by atoms with Gasteiger partial charge >= 0.3 is 17.9 Å². The number of carbonyl (C=O) groups is 5. The Morgan fingerprint density at radius 1 is 0.986 bits per heavy atom. The minimum atomic E-state index is -2.47. The van der Waals surface area contributed by atoms with Crippen LogP contribution in [0.1, 0.15) is 100 Å². The number of rotatable bonds is 17. The molecule has 2 aromatic rings. The van der Waals surface area contributed by atoms with Crippen LogP contribution < -0.4 is 26.6 Å². The number of ether oxygens (including phenoxy) is 1. The fraction of sp³-hybridized carbons (Fsp3) is 0.547. The Morgan fingerprint density at radius 2 is 1.73 bits per heavy atom. The summed E-state index contributed by atoms with van der Waals surface area (Å²) in [7, 11) is 1.55. The number of amides is 2. The fourth-order valence-corrected chi connectivity index (χ4v) is 14.8. The highest BCUT2D eigenvalue weighted by Gasteiger charge is 2.65. The van der Waals surface area contributed by atoms with Crippen molar-refractivity contribution in [1.29, 1.82) is 0 Å². The molecule has 9 N–H and O–H groups in total. The monoisotopic (exact) mass is 978 g/mol. The number of fused-ring (bicyclic) bond motifs is 5. The van der Waals surface area contributed by atoms with Gasteiger partial charge in [-0.2, -0.15) is 0 Å². The number of aliphatic carboxylic acids is 2. The van der Waals surface area contributed by atoms with Crippen molar-refractivity contribution in [2.75, 3.05) is 26.0 Å². The summed E-state index contributed by atoms with van der Waals surface area (Å²) in [5, 5.41) is 54.5. The van der Waals surface area contributed by atoms with E-state index in [2.05, 4.69) is 92.3 Å². The van der Waals surface area contributed by atoms with Gasteiger partial charge in [-0.25, -0.2) is 9.59 Å². The van der Waals surface area contributed by atoms with Gasteiger partial charge in [0.1, 0.15) is 17.7 Å². The van der Waals surface area contributed by atoms with Crippen LogP contribution in [0.4, 0.5) is 0 Å². The van der Waals surface area contributed by atoms with Gasteiger partial charge in [-0.15, -0.1) is 11.8 Å². The Kier molecular flexibility index (Phi) is 14.6. The molecule has 70 heavy (non-hydrogen) atoms. The van der Waals surface area contributed by atoms with Gasteiger partial charge in [0.05, 0.1) is 4.75 Å². The third-order valence-corrected chi connectivity index (χ3v) is 18.2. The molecule has 9 rings (SSSR count). The van der Waals surface area contributed by atoms with E-state index in [1.54, 1.807) is 7.05 Å². The van der Waals surface area contributed by atoms with Gasteiger partial charge in [0, 0.05) is 49.1 Å². The third-order valence-electron chi connectivity index (χ3n) is 16.5. The molecule has 7 aliphatic rings. The largest absolute Gasteiger partial charge is 0.478 e. The summed E-state index contributed by atoms with van der Waals surface area (Å²) in [5.41, 5.74) is 3.52. The van der Waals surface area contributed by atoms with Gasteiger partial charge in [0.2, 0.25) is 23.8 Å². The van der Waals surface area contributed by atoms with E-state index >= 15 is 4.79 Å². The molecule has 2 aliphatic heterocycles. The number of aromatic nitrogens is 1. The Morgan fingerprint density at radius 3 is 2.47 bits per heavy atom. The molecular weight excluding hydrogens is 913 g/mol. The summed E-state index contributed by atoms with van der Waals surface area (Å²) >= 11 is 1.40. The summed E-state index contributed by atoms with van der Waals surface area (Å²) < 4.78 is 5.96. The second-order valence-corrected chi connectivity index (χ2v) is 21.8. The molecule has 5 aliphatic carbocycles. The van der Waals surface area contributed by atoms with Gasteiger partial charge in [-0.05, 0) is 122 Å². The van der Waals surface area contributed by atoms with E-state index in [0.29, 0.717) is 18.6 Å². The Labute approximate surface area is 412 Å². The smallest absolute Gasteiger partial charge is 0.353 e. The van der Waals surface area contributed by atoms with Crippen LogP contribution in [0.15, 0.2) is 89.5 Å². The summed E-state index contributed by atoms with van der Waals surface area (Å²) in [6.45, 7) is 0.711. The van der Waals surface area contributed by atoms with Gasteiger partial charge in [0.25, 0.3) is 0 Å². The fourth-order valence-electron chi connectivity index (χ4n) is 13.1. The van der Waals surface area contributed by atoms with Crippen LogP contribution in [-0.2, 0) is 41.6 Å². The van der Waals surface area contributed by atoms with E-state index in [4.69, 9.17) is 4.74 Å². The maximum atomic E-state index is 15.5. The number of hydrogen-bond acceptors (Lipinski definition) is 13. The van der Waals surface area contributed by atoms with Gasteiger partial charge in [-0.1, -0.05) is 86.2 Å². The molecule has 1 saturated heterocycles. The first-order chi connectivity index (χ1) is 33.7. The highest BCUT2D eigenvalue weighted by molar-refractivity contribution is 8.01. The number of esters is 1. The summed E-state index contributed by atoms with van der Waals surface area (Å²) in [6, 6.07) is 11.1. The number of nitrogens with one attached hydrogen (secondary N) is 5. The number of hydrogen-bond donors (Lipinski definition) is 9. The third kappa shape index (κ3) is 9.40. The van der Waals surface area contributed by atoms with E-state index < -0.39 is 76.1 Å². The van der Waals surface area contributed by atoms with Crippen molar-refractivity contribution in [2.45, 2.75) is 125 Å². The number of aliphatic hydroxyl groups excluding tert-OH is 1. The lowest BCUT2D eigenvalue weighted by Crippen LogP contribution is -2.56. The Hall–Kier alpha value is -5.17. The number of carbonyl (C=O) groups excluding carboxylic acids is 3. The molecule has 17 heteroatoms. The molecule has 0 radical (unpaired) electrons. The number of allylic oxidation sites excluding steroid dienone is 3. The highest BCUT2D eigenvalue weighted by atomic mass is 32.2. The summed E-state index contributed by atoms with van der Waals surface area (Å²) in [4.78, 5) is 71.4. The Balaban J connectivity index is 1.14. The minimum Gasteiger partial charge on any atom is -0.478 e. The van der Waals surface area contributed by atoms with Gasteiger partial charge in [0.15, 0.2) is 0 Å². The van der Waals surface area contributed by atoms with Crippen molar-refractivity contribution >= 4 is 47.6 Å². The number of thioether (sulfide) groups is 1. The molecule has 2 amide bonds. The molecule has 374 valence electrons. The van der Waals surface area contributed by atoms with E-state index in [-0.39, 0.29) is 36.3 Å². The summed E-state index contributed by atoms with van der Waals surface area (Å²) in [5.74, 6) is -5.08. The maximum absolute atomic E-state index is 15.5. The number of carboxylic acids is 2. The van der Waals surface area contributed by atoms with Crippen LogP contribution in [-0.4, -0.2) is 110 Å². The first kappa shape index (κ1) is 49.8. The zero-order valence-electron chi connectivity index (χ0n) is 39.7. The molecular formula is C53H66N6O10S. The molecule has 1 saturated carbocycles. The number of piperidine rings is 1. The van der Waals surface area contributed by atoms with Crippen molar-refractivity contribution in [3.63, 3.8) is 0 Å². The molecule has 2 bridgehead atoms. The van der Waals surface area contributed by atoms with Crippen LogP contribution in [0.25, 0.3) is 6.08 Å². The topological polar surface area (TPSA) is 249 Å². The molecule has 9 atom stereocenters. The predicted octanol–water partition coefficient (Wildman–Crippen LogP) is 4.49. The Bertz CT molecular complexity index is 2490. The second-order valence-electron chi connectivity index (χ2n) is 20.5. The van der Waals surface area contributed by atoms with Crippen molar-refractivity contribution in [3.05, 3.63) is 106 Å². The molecule has 16 nitrogen and oxygen atoms in total. The molecule has 0 unspecified atom stereocenters. The van der Waals surface area contributed by atoms with Crippen LogP contribution in [0.3, 0.4) is 0 Å². The molecule has 1 aromatic heterocycles. The average Bonchev–Trinajstić information content (AvgIpc) is 3.93.